The molecule has 1 heterocycles. The van der Waals surface area contributed by atoms with Crippen molar-refractivity contribution in [2.75, 3.05) is 4.43 Å². The van der Waals surface area contributed by atoms with Gasteiger partial charge in [0, 0.05) is 22.0 Å². The Morgan fingerprint density at radius 1 is 1.50 bits per heavy atom. The zero-order valence-corrected chi connectivity index (χ0v) is 16.5. The van der Waals surface area contributed by atoms with Crippen molar-refractivity contribution in [3.8, 4) is 5.75 Å². The molecule has 0 aromatic heterocycles. The third-order valence-corrected chi connectivity index (χ3v) is 6.62. The van der Waals surface area contributed by atoms with Crippen molar-refractivity contribution in [2.45, 2.75) is 51.4 Å². The smallest absolute Gasteiger partial charge is 0.144 e. The Morgan fingerprint density at radius 3 is 2.68 bits per heavy atom. The van der Waals surface area contributed by atoms with E-state index in [0.717, 1.165) is 9.99 Å². The van der Waals surface area contributed by atoms with Gasteiger partial charge in [-0.25, -0.2) is 4.39 Å². The summed E-state index contributed by atoms with van der Waals surface area (Å²) < 4.78 is 36.9. The zero-order chi connectivity index (χ0) is 16.7. The molecule has 0 radical (unpaired) electrons. The van der Waals surface area contributed by atoms with Crippen LogP contribution in [0.2, 0.25) is 0 Å². The molecule has 1 unspecified atom stereocenters. The molecule has 2 rings (SSSR count). The topological polar surface area (TPSA) is 44.7 Å². The predicted octanol–water partition coefficient (Wildman–Crippen LogP) is 4.23. The number of nitrogens with zero attached hydrogens (tertiary/aromatic N) is 1. The van der Waals surface area contributed by atoms with Crippen LogP contribution < -0.4 is 4.74 Å². The Balaban J connectivity index is 2.44. The molecular formula is C16H21FINO2S. The second kappa shape index (κ2) is 6.28. The molecule has 0 spiro atoms. The molecule has 0 saturated heterocycles. The van der Waals surface area contributed by atoms with Crippen molar-refractivity contribution >= 4 is 39.7 Å². The van der Waals surface area contributed by atoms with Gasteiger partial charge in [-0.1, -0.05) is 27.0 Å². The number of hydrogen-bond donors (Lipinski definition) is 0. The van der Waals surface area contributed by atoms with Crippen LogP contribution in [0.15, 0.2) is 16.5 Å². The van der Waals surface area contributed by atoms with E-state index in [1.54, 1.807) is 13.0 Å². The lowest BCUT2D eigenvalue weighted by Gasteiger charge is -2.21. The maximum absolute atomic E-state index is 14.1. The summed E-state index contributed by atoms with van der Waals surface area (Å²) in [5, 5.41) is 0. The Hall–Kier alpha value is -0.340. The fraction of sp³-hybridized carbons (Fsp3) is 0.562. The fourth-order valence-corrected chi connectivity index (χ4v) is 3.26. The van der Waals surface area contributed by atoms with Crippen LogP contribution in [0.5, 0.6) is 5.75 Å². The lowest BCUT2D eigenvalue weighted by Crippen LogP contribution is -2.32. The van der Waals surface area contributed by atoms with Crippen LogP contribution in [0.3, 0.4) is 0 Å². The van der Waals surface area contributed by atoms with Gasteiger partial charge in [-0.05, 0) is 46.8 Å². The SMILES string of the molecule is CC(=N[S+]([O-])C(C)(C)C)c1ccc(F)c2c1O[C@@](C)(CI)C2. The lowest BCUT2D eigenvalue weighted by molar-refractivity contribution is 0.147. The van der Waals surface area contributed by atoms with Crippen molar-refractivity contribution in [3.05, 3.63) is 29.1 Å². The summed E-state index contributed by atoms with van der Waals surface area (Å²) in [4.78, 5) is 0. The zero-order valence-electron chi connectivity index (χ0n) is 13.5. The quantitative estimate of drug-likeness (QED) is 0.308. The monoisotopic (exact) mass is 437 g/mol. The van der Waals surface area contributed by atoms with Crippen molar-refractivity contribution in [1.29, 1.82) is 0 Å². The summed E-state index contributed by atoms with van der Waals surface area (Å²) in [6.07, 6.45) is 0.542. The molecule has 1 aromatic carbocycles. The number of benzene rings is 1. The molecule has 0 fully saturated rings. The first-order chi connectivity index (χ1) is 10.1. The first-order valence-corrected chi connectivity index (χ1v) is 9.75. The van der Waals surface area contributed by atoms with Crippen LogP contribution in [-0.4, -0.2) is 25.0 Å². The number of ether oxygens (including phenoxy) is 1. The molecule has 1 aliphatic heterocycles. The third-order valence-electron chi connectivity index (χ3n) is 3.52. The Labute approximate surface area is 148 Å². The first kappa shape index (κ1) is 18.0. The van der Waals surface area contributed by atoms with Crippen LogP contribution in [0.25, 0.3) is 0 Å². The predicted molar refractivity (Wildman–Crippen MR) is 98.1 cm³/mol. The number of alkyl halides is 1. The molecule has 122 valence electrons. The average molecular weight is 437 g/mol. The van der Waals surface area contributed by atoms with Crippen LogP contribution in [0.1, 0.15) is 45.7 Å². The van der Waals surface area contributed by atoms with E-state index in [1.807, 2.05) is 27.7 Å². The number of hydrogen-bond acceptors (Lipinski definition) is 3. The average Bonchev–Trinajstić information content (AvgIpc) is 2.77. The molecule has 0 aliphatic carbocycles. The molecule has 2 atom stereocenters. The summed E-state index contributed by atoms with van der Waals surface area (Å²) >= 11 is 0.896. The highest BCUT2D eigenvalue weighted by molar-refractivity contribution is 14.1. The Kier molecular flexibility index (Phi) is 5.14. The van der Waals surface area contributed by atoms with E-state index >= 15 is 0 Å². The van der Waals surface area contributed by atoms with Crippen molar-refractivity contribution in [3.63, 3.8) is 0 Å². The summed E-state index contributed by atoms with van der Waals surface area (Å²) in [7, 11) is 0. The van der Waals surface area contributed by atoms with Gasteiger partial charge in [0.2, 0.25) is 0 Å². The van der Waals surface area contributed by atoms with Crippen LogP contribution in [0.4, 0.5) is 4.39 Å². The second-order valence-corrected chi connectivity index (χ2v) is 9.47. The minimum Gasteiger partial charge on any atom is -0.591 e. The summed E-state index contributed by atoms with van der Waals surface area (Å²) in [6, 6.07) is 3.10. The first-order valence-electron chi connectivity index (χ1n) is 7.11. The molecule has 1 aromatic rings. The van der Waals surface area contributed by atoms with Crippen LogP contribution in [0, 0.1) is 5.82 Å². The third kappa shape index (κ3) is 3.59. The van der Waals surface area contributed by atoms with Gasteiger partial charge in [-0.3, -0.25) is 0 Å². The van der Waals surface area contributed by atoms with E-state index in [1.165, 1.54) is 6.07 Å². The number of halogens is 2. The second-order valence-electron chi connectivity index (χ2n) is 6.80. The minimum atomic E-state index is -1.35. The fourth-order valence-electron chi connectivity index (χ4n) is 2.21. The van der Waals surface area contributed by atoms with Gasteiger partial charge in [0.1, 0.15) is 33.3 Å². The molecule has 3 nitrogen and oxygen atoms in total. The highest BCUT2D eigenvalue weighted by atomic mass is 127. The van der Waals surface area contributed by atoms with Gasteiger partial charge in [-0.15, -0.1) is 0 Å². The van der Waals surface area contributed by atoms with Gasteiger partial charge in [0.25, 0.3) is 0 Å². The summed E-state index contributed by atoms with van der Waals surface area (Å²) in [6.45, 7) is 9.39. The number of rotatable bonds is 3. The molecule has 6 heteroatoms. The standard InChI is InChI=1S/C16H21FINO2S/c1-10(19-22(20)15(2,3)4)11-6-7-13(17)12-8-16(5,9-18)21-14(11)12/h6-7H,8-9H2,1-5H3/t16-,22?/m1/s1. The molecular weight excluding hydrogens is 416 g/mol. The van der Waals surface area contributed by atoms with E-state index in [0.29, 0.717) is 23.4 Å². The maximum Gasteiger partial charge on any atom is 0.144 e. The molecule has 22 heavy (non-hydrogen) atoms. The lowest BCUT2D eigenvalue weighted by atomic mass is 9.99. The van der Waals surface area contributed by atoms with Crippen molar-refractivity contribution in [2.24, 2.45) is 4.40 Å². The van der Waals surface area contributed by atoms with Gasteiger partial charge >= 0.3 is 0 Å². The molecule has 0 bridgehead atoms. The molecule has 1 aliphatic rings. The van der Waals surface area contributed by atoms with E-state index in [4.69, 9.17) is 4.74 Å². The van der Waals surface area contributed by atoms with Gasteiger partial charge in [-0.2, -0.15) is 0 Å². The number of fused-ring (bicyclic) bond motifs is 1. The highest BCUT2D eigenvalue weighted by Gasteiger charge is 2.38. The van der Waals surface area contributed by atoms with Crippen LogP contribution >= 0.6 is 22.6 Å². The molecule has 0 saturated carbocycles. The molecule has 0 N–H and O–H groups in total. The largest absolute Gasteiger partial charge is 0.591 e. The summed E-state index contributed by atoms with van der Waals surface area (Å²) in [5.41, 5.74) is 1.53. The summed E-state index contributed by atoms with van der Waals surface area (Å²) in [5.74, 6) is 0.295. The van der Waals surface area contributed by atoms with Gasteiger partial charge in [0.05, 0.1) is 5.71 Å². The minimum absolute atomic E-state index is 0.253. The van der Waals surface area contributed by atoms with Gasteiger partial charge < -0.3 is 9.29 Å². The van der Waals surface area contributed by atoms with E-state index in [-0.39, 0.29) is 5.82 Å². The Bertz CT molecular complexity index is 615. The van der Waals surface area contributed by atoms with Crippen molar-refractivity contribution < 1.29 is 13.7 Å². The van der Waals surface area contributed by atoms with Crippen molar-refractivity contribution in [1.82, 2.24) is 0 Å². The van der Waals surface area contributed by atoms with E-state index in [2.05, 4.69) is 27.0 Å². The van der Waals surface area contributed by atoms with Crippen LogP contribution in [-0.2, 0) is 17.8 Å². The Morgan fingerprint density at radius 2 is 2.14 bits per heavy atom. The van der Waals surface area contributed by atoms with E-state index in [9.17, 15) is 8.94 Å². The normalized spacial score (nSPS) is 23.2. The molecule has 0 amide bonds. The van der Waals surface area contributed by atoms with Gasteiger partial charge in [0.15, 0.2) is 0 Å². The van der Waals surface area contributed by atoms with E-state index < -0.39 is 21.7 Å². The highest BCUT2D eigenvalue weighted by Crippen LogP contribution is 2.40. The maximum atomic E-state index is 14.1.